The van der Waals surface area contributed by atoms with Crippen LogP contribution in [0.2, 0.25) is 0 Å². The maximum absolute atomic E-state index is 12.2. The molecule has 0 bridgehead atoms. The lowest BCUT2D eigenvalue weighted by Gasteiger charge is -2.32. The Morgan fingerprint density at radius 2 is 2.04 bits per heavy atom. The first-order valence-corrected chi connectivity index (χ1v) is 8.55. The summed E-state index contributed by atoms with van der Waals surface area (Å²) >= 11 is 0. The largest absolute Gasteiger partial charge is 0.355 e. The fourth-order valence-electron chi connectivity index (χ4n) is 3.17. The zero-order valence-electron chi connectivity index (χ0n) is 14.1. The van der Waals surface area contributed by atoms with Gasteiger partial charge in [0.15, 0.2) is 0 Å². The first kappa shape index (κ1) is 16.4. The molecule has 1 aromatic carbocycles. The van der Waals surface area contributed by atoms with E-state index in [4.69, 9.17) is 0 Å². The van der Waals surface area contributed by atoms with Gasteiger partial charge in [0.25, 0.3) is 0 Å². The molecule has 0 spiro atoms. The molecular formula is C19H24N4O. The number of nitrogens with zero attached hydrogens (tertiary/aromatic N) is 3. The van der Waals surface area contributed by atoms with Crippen LogP contribution in [0.1, 0.15) is 24.0 Å². The summed E-state index contributed by atoms with van der Waals surface area (Å²) < 4.78 is 0. The number of aromatic nitrogens is 2. The molecule has 1 aliphatic rings. The maximum Gasteiger partial charge on any atom is 0.225 e. The average Bonchev–Trinajstić information content (AvgIpc) is 2.63. The van der Waals surface area contributed by atoms with Crippen LogP contribution in [0.5, 0.6) is 0 Å². The molecule has 1 amide bonds. The first-order valence-electron chi connectivity index (χ1n) is 8.55. The lowest BCUT2D eigenvalue weighted by atomic mass is 9.98. The Hall–Kier alpha value is -2.43. The molecule has 1 fully saturated rings. The topological polar surface area (TPSA) is 58.1 Å². The highest BCUT2D eigenvalue weighted by Crippen LogP contribution is 2.19. The number of benzene rings is 1. The van der Waals surface area contributed by atoms with Crippen LogP contribution in [0, 0.1) is 12.8 Å². The lowest BCUT2D eigenvalue weighted by molar-refractivity contribution is -0.120. The molecular weight excluding hydrogens is 300 g/mol. The summed E-state index contributed by atoms with van der Waals surface area (Å²) in [4.78, 5) is 23.1. The predicted octanol–water partition coefficient (Wildman–Crippen LogP) is 2.36. The van der Waals surface area contributed by atoms with E-state index in [1.54, 1.807) is 12.4 Å². The minimum atomic E-state index is 0.0948. The minimum Gasteiger partial charge on any atom is -0.355 e. The number of anilines is 1. The summed E-state index contributed by atoms with van der Waals surface area (Å²) in [5, 5.41) is 3.09. The number of hydrogen-bond donors (Lipinski definition) is 1. The molecule has 24 heavy (non-hydrogen) atoms. The van der Waals surface area contributed by atoms with E-state index < -0.39 is 0 Å². The van der Waals surface area contributed by atoms with Gasteiger partial charge in [-0.15, -0.1) is 0 Å². The van der Waals surface area contributed by atoms with E-state index >= 15 is 0 Å². The van der Waals surface area contributed by atoms with Gasteiger partial charge in [0.2, 0.25) is 11.9 Å². The van der Waals surface area contributed by atoms with Gasteiger partial charge in [-0.3, -0.25) is 4.79 Å². The number of piperidine rings is 1. The van der Waals surface area contributed by atoms with Gasteiger partial charge in [-0.25, -0.2) is 9.97 Å². The molecule has 0 saturated carbocycles. The van der Waals surface area contributed by atoms with Crippen LogP contribution >= 0.6 is 0 Å². The monoisotopic (exact) mass is 324 g/mol. The van der Waals surface area contributed by atoms with Crippen molar-refractivity contribution in [2.24, 2.45) is 5.92 Å². The van der Waals surface area contributed by atoms with Gasteiger partial charge < -0.3 is 10.2 Å². The number of amides is 1. The molecule has 1 unspecified atom stereocenters. The average molecular weight is 324 g/mol. The Morgan fingerprint density at radius 1 is 1.25 bits per heavy atom. The smallest absolute Gasteiger partial charge is 0.225 e. The second-order valence-corrected chi connectivity index (χ2v) is 6.41. The highest BCUT2D eigenvalue weighted by atomic mass is 16.1. The molecule has 1 saturated heterocycles. The van der Waals surface area contributed by atoms with Gasteiger partial charge >= 0.3 is 0 Å². The molecule has 126 valence electrons. The summed E-state index contributed by atoms with van der Waals surface area (Å²) in [6.45, 7) is 4.64. The van der Waals surface area contributed by atoms with Crippen molar-refractivity contribution in [3.8, 4) is 0 Å². The summed E-state index contributed by atoms with van der Waals surface area (Å²) in [5.74, 6) is 1.33. The SMILES string of the molecule is Cc1ccccc1CC(=O)NCC1CCCN(c2ncccn2)C1. The molecule has 5 nitrogen and oxygen atoms in total. The number of carbonyl (C=O) groups is 1. The summed E-state index contributed by atoms with van der Waals surface area (Å²) in [6, 6.07) is 9.87. The van der Waals surface area contributed by atoms with E-state index in [-0.39, 0.29) is 5.91 Å². The summed E-state index contributed by atoms with van der Waals surface area (Å²) in [7, 11) is 0. The highest BCUT2D eigenvalue weighted by Gasteiger charge is 2.22. The van der Waals surface area contributed by atoms with Gasteiger partial charge in [0.1, 0.15) is 0 Å². The molecule has 2 heterocycles. The normalized spacial score (nSPS) is 17.5. The summed E-state index contributed by atoms with van der Waals surface area (Å²) in [6.07, 6.45) is 6.24. The Morgan fingerprint density at radius 3 is 2.83 bits per heavy atom. The van der Waals surface area contributed by atoms with Crippen LogP contribution in [0.15, 0.2) is 42.7 Å². The number of rotatable bonds is 5. The van der Waals surface area contributed by atoms with Gasteiger partial charge in [-0.2, -0.15) is 0 Å². The van der Waals surface area contributed by atoms with Crippen LogP contribution < -0.4 is 10.2 Å². The Kier molecular flexibility index (Phi) is 5.41. The Labute approximate surface area is 143 Å². The van der Waals surface area contributed by atoms with E-state index in [0.29, 0.717) is 18.9 Å². The Bertz CT molecular complexity index is 674. The predicted molar refractivity (Wildman–Crippen MR) is 94.9 cm³/mol. The molecule has 1 aromatic heterocycles. The lowest BCUT2D eigenvalue weighted by Crippen LogP contribution is -2.42. The zero-order chi connectivity index (χ0) is 16.8. The van der Waals surface area contributed by atoms with Crippen molar-refractivity contribution >= 4 is 11.9 Å². The van der Waals surface area contributed by atoms with Gasteiger partial charge in [-0.1, -0.05) is 24.3 Å². The van der Waals surface area contributed by atoms with Gasteiger partial charge in [0.05, 0.1) is 6.42 Å². The van der Waals surface area contributed by atoms with E-state index in [9.17, 15) is 4.79 Å². The molecule has 0 aliphatic carbocycles. The quantitative estimate of drug-likeness (QED) is 0.917. The minimum absolute atomic E-state index is 0.0948. The van der Waals surface area contributed by atoms with Crippen molar-refractivity contribution in [2.75, 3.05) is 24.5 Å². The second kappa shape index (κ2) is 7.90. The number of nitrogens with one attached hydrogen (secondary N) is 1. The molecule has 5 heteroatoms. The standard InChI is InChI=1S/C19H24N4O/c1-15-6-2-3-8-17(15)12-18(24)22-13-16-7-4-11-23(14-16)19-20-9-5-10-21-19/h2-3,5-6,8-10,16H,4,7,11-14H2,1H3,(H,22,24). The molecule has 0 radical (unpaired) electrons. The number of hydrogen-bond acceptors (Lipinski definition) is 4. The number of carbonyl (C=O) groups excluding carboxylic acids is 1. The fourth-order valence-corrected chi connectivity index (χ4v) is 3.17. The van der Waals surface area contributed by atoms with Crippen LogP contribution in [-0.4, -0.2) is 35.5 Å². The van der Waals surface area contributed by atoms with Gasteiger partial charge in [0, 0.05) is 32.0 Å². The number of aryl methyl sites for hydroxylation is 1. The molecule has 1 atom stereocenters. The second-order valence-electron chi connectivity index (χ2n) is 6.41. The maximum atomic E-state index is 12.2. The van der Waals surface area contributed by atoms with Crippen molar-refractivity contribution < 1.29 is 4.79 Å². The molecule has 1 aliphatic heterocycles. The van der Waals surface area contributed by atoms with Crippen molar-refractivity contribution in [3.05, 3.63) is 53.9 Å². The van der Waals surface area contributed by atoms with Crippen molar-refractivity contribution in [1.29, 1.82) is 0 Å². The fraction of sp³-hybridized carbons (Fsp3) is 0.421. The Balaban J connectivity index is 1.49. The van der Waals surface area contributed by atoms with E-state index in [0.717, 1.165) is 43.0 Å². The van der Waals surface area contributed by atoms with Crippen molar-refractivity contribution in [1.82, 2.24) is 15.3 Å². The van der Waals surface area contributed by atoms with Crippen LogP contribution in [0.4, 0.5) is 5.95 Å². The zero-order valence-corrected chi connectivity index (χ0v) is 14.1. The van der Waals surface area contributed by atoms with Crippen LogP contribution in [-0.2, 0) is 11.2 Å². The van der Waals surface area contributed by atoms with Crippen LogP contribution in [0.25, 0.3) is 0 Å². The molecule has 1 N–H and O–H groups in total. The van der Waals surface area contributed by atoms with Gasteiger partial charge in [-0.05, 0) is 42.9 Å². The molecule has 3 rings (SSSR count). The van der Waals surface area contributed by atoms with Crippen LogP contribution in [0.3, 0.4) is 0 Å². The van der Waals surface area contributed by atoms with E-state index in [2.05, 4.69) is 20.2 Å². The third-order valence-corrected chi connectivity index (χ3v) is 4.55. The van der Waals surface area contributed by atoms with Crippen molar-refractivity contribution in [3.63, 3.8) is 0 Å². The molecule has 2 aromatic rings. The van der Waals surface area contributed by atoms with E-state index in [1.165, 1.54) is 0 Å². The third kappa shape index (κ3) is 4.31. The first-order chi connectivity index (χ1) is 11.7. The third-order valence-electron chi connectivity index (χ3n) is 4.55. The van der Waals surface area contributed by atoms with Crippen molar-refractivity contribution in [2.45, 2.75) is 26.2 Å². The highest BCUT2D eigenvalue weighted by molar-refractivity contribution is 5.78. The summed E-state index contributed by atoms with van der Waals surface area (Å²) in [5.41, 5.74) is 2.26. The van der Waals surface area contributed by atoms with E-state index in [1.807, 2.05) is 37.3 Å².